The van der Waals surface area contributed by atoms with E-state index in [0.29, 0.717) is 12.4 Å². The van der Waals surface area contributed by atoms with Crippen molar-refractivity contribution in [3.8, 4) is 17.0 Å². The molecule has 0 spiro atoms. The second kappa shape index (κ2) is 9.20. The van der Waals surface area contributed by atoms with Gasteiger partial charge in [0.25, 0.3) is 0 Å². The van der Waals surface area contributed by atoms with Crippen LogP contribution in [0.4, 0.5) is 5.69 Å². The summed E-state index contributed by atoms with van der Waals surface area (Å²) < 4.78 is 8.17. The molecule has 0 amide bonds. The van der Waals surface area contributed by atoms with Crippen molar-refractivity contribution in [1.29, 1.82) is 0 Å². The first-order chi connectivity index (χ1) is 15.8. The summed E-state index contributed by atoms with van der Waals surface area (Å²) in [6.45, 7) is 1.51. The van der Waals surface area contributed by atoms with Crippen LogP contribution in [0.1, 0.15) is 17.2 Å². The smallest absolute Gasteiger partial charge is 0.237 e. The fourth-order valence-corrected chi connectivity index (χ4v) is 4.02. The third-order valence-electron chi connectivity index (χ3n) is 5.68. The van der Waals surface area contributed by atoms with Crippen LogP contribution in [0.5, 0.6) is 5.88 Å². The van der Waals surface area contributed by atoms with E-state index in [4.69, 9.17) is 4.74 Å². The number of anilines is 1. The quantitative estimate of drug-likeness (QED) is 0.470. The summed E-state index contributed by atoms with van der Waals surface area (Å²) in [5.41, 5.74) is 5.36. The second-order valence-corrected chi connectivity index (χ2v) is 7.97. The maximum atomic E-state index is 6.38. The molecule has 0 bridgehead atoms. The zero-order chi connectivity index (χ0) is 21.8. The van der Waals surface area contributed by atoms with Gasteiger partial charge in [0.2, 0.25) is 5.88 Å². The molecule has 4 aromatic rings. The van der Waals surface area contributed by atoms with E-state index in [9.17, 15) is 0 Å². The lowest BCUT2D eigenvalue weighted by Gasteiger charge is -2.33. The molecular weight excluding hydrogens is 400 g/mol. The van der Waals surface area contributed by atoms with Gasteiger partial charge in [-0.05, 0) is 36.2 Å². The molecule has 32 heavy (non-hydrogen) atoms. The molecule has 1 aromatic carbocycles. The van der Waals surface area contributed by atoms with Crippen molar-refractivity contribution in [3.63, 3.8) is 0 Å². The Bertz CT molecular complexity index is 1160. The fraction of sp³-hybridized carbons (Fsp3) is 0.240. The minimum Gasteiger partial charge on any atom is -0.469 e. The average molecular weight is 427 g/mol. The molecule has 0 radical (unpaired) electrons. The third kappa shape index (κ3) is 4.48. The van der Waals surface area contributed by atoms with Gasteiger partial charge in [0, 0.05) is 43.0 Å². The average Bonchev–Trinajstić information content (AvgIpc) is 3.29. The number of hydrogen-bond donors (Lipinski definition) is 2. The Balaban J connectivity index is 1.32. The standard InChI is InChI=1S/C25H26N6O/c1-31-17-21(15-30-31)20-12-22-25(29-14-20)32-23(16-28-22)24(19-7-3-2-4-8-19)27-11-9-18-6-5-10-26-13-18/h2-8,10,12-15,17,23-24,27-28H,9,11,16H2,1H3/t23-,24+/m0/s1. The summed E-state index contributed by atoms with van der Waals surface area (Å²) in [6.07, 6.45) is 10.2. The first-order valence-electron chi connectivity index (χ1n) is 10.8. The van der Waals surface area contributed by atoms with Crippen LogP contribution >= 0.6 is 0 Å². The van der Waals surface area contributed by atoms with Crippen molar-refractivity contribution in [2.24, 2.45) is 7.05 Å². The van der Waals surface area contributed by atoms with Crippen LogP contribution in [0.2, 0.25) is 0 Å². The number of aryl methyl sites for hydroxylation is 1. The van der Waals surface area contributed by atoms with E-state index in [-0.39, 0.29) is 12.1 Å². The van der Waals surface area contributed by atoms with Gasteiger partial charge in [-0.3, -0.25) is 9.67 Å². The molecule has 3 aromatic heterocycles. The van der Waals surface area contributed by atoms with Gasteiger partial charge < -0.3 is 15.4 Å². The minimum absolute atomic E-state index is 0.0355. The highest BCUT2D eigenvalue weighted by Crippen LogP contribution is 2.34. The molecule has 2 atom stereocenters. The first kappa shape index (κ1) is 20.2. The maximum absolute atomic E-state index is 6.38. The molecule has 0 fully saturated rings. The second-order valence-electron chi connectivity index (χ2n) is 7.97. The predicted molar refractivity (Wildman–Crippen MR) is 124 cm³/mol. The number of ether oxygens (including phenoxy) is 1. The molecule has 2 N–H and O–H groups in total. The number of rotatable bonds is 7. The van der Waals surface area contributed by atoms with E-state index >= 15 is 0 Å². The Morgan fingerprint density at radius 2 is 2.03 bits per heavy atom. The van der Waals surface area contributed by atoms with Crippen molar-refractivity contribution in [2.45, 2.75) is 18.6 Å². The van der Waals surface area contributed by atoms with Crippen LogP contribution < -0.4 is 15.4 Å². The van der Waals surface area contributed by atoms with Crippen molar-refractivity contribution in [1.82, 2.24) is 25.1 Å². The van der Waals surface area contributed by atoms with Crippen LogP contribution in [0, 0.1) is 0 Å². The third-order valence-corrected chi connectivity index (χ3v) is 5.68. The zero-order valence-electron chi connectivity index (χ0n) is 18.0. The van der Waals surface area contributed by atoms with Gasteiger partial charge in [-0.1, -0.05) is 36.4 Å². The number of hydrogen-bond acceptors (Lipinski definition) is 6. The van der Waals surface area contributed by atoms with Gasteiger partial charge >= 0.3 is 0 Å². The highest BCUT2D eigenvalue weighted by molar-refractivity contribution is 5.69. The van der Waals surface area contributed by atoms with Gasteiger partial charge in [-0.25, -0.2) is 4.98 Å². The van der Waals surface area contributed by atoms with E-state index in [1.165, 1.54) is 11.1 Å². The summed E-state index contributed by atoms with van der Waals surface area (Å²) in [4.78, 5) is 8.81. The maximum Gasteiger partial charge on any atom is 0.237 e. The lowest BCUT2D eigenvalue weighted by molar-refractivity contribution is 0.150. The van der Waals surface area contributed by atoms with Gasteiger partial charge in [0.05, 0.1) is 24.5 Å². The SMILES string of the molecule is Cn1cc(-c2cnc3c(c2)NC[C@@H]([C@H](NCCc2cccnc2)c2ccccc2)O3)cn1. The van der Waals surface area contributed by atoms with E-state index < -0.39 is 0 Å². The summed E-state index contributed by atoms with van der Waals surface area (Å²) >= 11 is 0. The number of nitrogens with zero attached hydrogens (tertiary/aromatic N) is 4. The van der Waals surface area contributed by atoms with E-state index in [2.05, 4.69) is 62.1 Å². The van der Waals surface area contributed by atoms with E-state index in [0.717, 1.165) is 29.8 Å². The molecule has 1 aliphatic rings. The summed E-state index contributed by atoms with van der Waals surface area (Å²) in [5.74, 6) is 0.629. The largest absolute Gasteiger partial charge is 0.469 e. The fourth-order valence-electron chi connectivity index (χ4n) is 4.02. The molecular formula is C25H26N6O. The molecule has 4 heterocycles. The lowest BCUT2D eigenvalue weighted by atomic mass is 9.99. The van der Waals surface area contributed by atoms with Gasteiger partial charge in [0.15, 0.2) is 0 Å². The predicted octanol–water partition coefficient (Wildman–Crippen LogP) is 3.62. The zero-order valence-corrected chi connectivity index (χ0v) is 18.0. The number of pyridine rings is 2. The van der Waals surface area contributed by atoms with Crippen LogP contribution in [0.25, 0.3) is 11.1 Å². The topological polar surface area (TPSA) is 76.9 Å². The molecule has 0 saturated heterocycles. The van der Waals surface area contributed by atoms with Crippen molar-refractivity contribution >= 4 is 5.69 Å². The van der Waals surface area contributed by atoms with Crippen molar-refractivity contribution < 1.29 is 4.74 Å². The van der Waals surface area contributed by atoms with Crippen molar-refractivity contribution in [3.05, 3.63) is 90.6 Å². The summed E-state index contributed by atoms with van der Waals surface area (Å²) in [7, 11) is 1.91. The van der Waals surface area contributed by atoms with E-state index in [1.54, 1.807) is 10.9 Å². The van der Waals surface area contributed by atoms with Crippen LogP contribution in [0.3, 0.4) is 0 Å². The number of benzene rings is 1. The molecule has 7 heteroatoms. The van der Waals surface area contributed by atoms with Crippen LogP contribution in [-0.4, -0.2) is 38.9 Å². The highest BCUT2D eigenvalue weighted by atomic mass is 16.5. The number of aromatic nitrogens is 4. The molecule has 1 aliphatic heterocycles. The molecule has 0 aliphatic carbocycles. The molecule has 0 saturated carbocycles. The first-order valence-corrected chi connectivity index (χ1v) is 10.8. The minimum atomic E-state index is -0.0875. The molecule has 5 rings (SSSR count). The van der Waals surface area contributed by atoms with Crippen LogP contribution in [-0.2, 0) is 13.5 Å². The summed E-state index contributed by atoms with van der Waals surface area (Å²) in [6, 6.07) is 16.6. The normalized spacial score (nSPS) is 16.0. The van der Waals surface area contributed by atoms with Gasteiger partial charge in [0.1, 0.15) is 6.10 Å². The Hall–Kier alpha value is -3.71. The van der Waals surface area contributed by atoms with Gasteiger partial charge in [-0.2, -0.15) is 5.10 Å². The molecule has 0 unspecified atom stereocenters. The number of fused-ring (bicyclic) bond motifs is 1. The highest BCUT2D eigenvalue weighted by Gasteiger charge is 2.29. The van der Waals surface area contributed by atoms with E-state index in [1.807, 2.05) is 44.0 Å². The monoisotopic (exact) mass is 426 g/mol. The van der Waals surface area contributed by atoms with Crippen LogP contribution in [0.15, 0.2) is 79.5 Å². The lowest BCUT2D eigenvalue weighted by Crippen LogP contribution is -2.43. The van der Waals surface area contributed by atoms with Crippen molar-refractivity contribution in [2.75, 3.05) is 18.4 Å². The Labute approximate surface area is 187 Å². The van der Waals surface area contributed by atoms with Gasteiger partial charge in [-0.15, -0.1) is 0 Å². The Morgan fingerprint density at radius 1 is 1.12 bits per heavy atom. The summed E-state index contributed by atoms with van der Waals surface area (Å²) in [5, 5.41) is 11.5. The molecule has 162 valence electrons. The number of nitrogens with one attached hydrogen (secondary N) is 2. The Morgan fingerprint density at radius 3 is 2.81 bits per heavy atom. The Kier molecular flexibility index (Phi) is 5.81. The molecule has 7 nitrogen and oxygen atoms in total.